The SMILES string of the molecule is CCCC(C)N(c1ccc(C2C(=O)C(=C3C=CC(=[N+](c4ccc(C)cc4C)C(C)CCC)C=C3)C2O)cc1)c1ccc(C)cc1C. The van der Waals surface area contributed by atoms with Gasteiger partial charge in [-0.1, -0.05) is 61.7 Å². The number of benzene rings is 3. The van der Waals surface area contributed by atoms with Crippen LogP contribution in [0.1, 0.15) is 87.1 Å². The number of aliphatic hydroxyl groups is 1. The van der Waals surface area contributed by atoms with Crippen LogP contribution in [0.4, 0.5) is 17.1 Å². The maximum absolute atomic E-state index is 13.6. The number of hydrogen-bond acceptors (Lipinski definition) is 3. The summed E-state index contributed by atoms with van der Waals surface area (Å²) in [6, 6.07) is 22.1. The predicted molar refractivity (Wildman–Crippen MR) is 193 cm³/mol. The molecule has 4 atom stereocenters. The fraction of sp³-hybridized carbons (Fsp3) is 0.381. The van der Waals surface area contributed by atoms with Crippen molar-refractivity contribution in [1.82, 2.24) is 0 Å². The topological polar surface area (TPSA) is 43.5 Å². The van der Waals surface area contributed by atoms with E-state index in [2.05, 4.69) is 126 Å². The molecule has 5 rings (SSSR count). The fourth-order valence-corrected chi connectivity index (χ4v) is 7.32. The fourth-order valence-electron chi connectivity index (χ4n) is 7.32. The number of ketones is 1. The summed E-state index contributed by atoms with van der Waals surface area (Å²) < 4.78 is 2.40. The molecule has 0 aliphatic heterocycles. The van der Waals surface area contributed by atoms with Crippen LogP contribution in [0.2, 0.25) is 0 Å². The highest BCUT2D eigenvalue weighted by molar-refractivity contribution is 6.12. The lowest BCUT2D eigenvalue weighted by atomic mass is 9.69. The van der Waals surface area contributed by atoms with Crippen molar-refractivity contribution < 1.29 is 14.5 Å². The van der Waals surface area contributed by atoms with Crippen LogP contribution in [0, 0.1) is 27.7 Å². The lowest BCUT2D eigenvalue weighted by Gasteiger charge is -2.36. The monoisotopic (exact) mass is 615 g/mol. The summed E-state index contributed by atoms with van der Waals surface area (Å²) in [6.45, 7) is 17.6. The highest BCUT2D eigenvalue weighted by Gasteiger charge is 2.46. The number of nitrogens with zero attached hydrogens (tertiary/aromatic N) is 2. The van der Waals surface area contributed by atoms with Crippen molar-refractivity contribution in [3.63, 3.8) is 0 Å². The summed E-state index contributed by atoms with van der Waals surface area (Å²) in [7, 11) is 0. The summed E-state index contributed by atoms with van der Waals surface area (Å²) in [5.74, 6) is -0.535. The number of carbonyl (C=O) groups excluding carboxylic acids is 1. The number of aliphatic hydroxyl groups excluding tert-OH is 1. The van der Waals surface area contributed by atoms with E-state index in [4.69, 9.17) is 0 Å². The first-order chi connectivity index (χ1) is 22.0. The molecule has 4 heteroatoms. The van der Waals surface area contributed by atoms with Gasteiger partial charge in [-0.25, -0.2) is 0 Å². The Morgan fingerprint density at radius 1 is 0.783 bits per heavy atom. The molecular formula is C42H51N2O2+. The van der Waals surface area contributed by atoms with Crippen molar-refractivity contribution in [2.75, 3.05) is 4.90 Å². The van der Waals surface area contributed by atoms with Crippen molar-refractivity contribution in [1.29, 1.82) is 0 Å². The third-order valence-corrected chi connectivity index (χ3v) is 9.66. The largest absolute Gasteiger partial charge is 0.387 e. The number of anilines is 2. The van der Waals surface area contributed by atoms with Gasteiger partial charge >= 0.3 is 0 Å². The van der Waals surface area contributed by atoms with Gasteiger partial charge in [0.1, 0.15) is 0 Å². The van der Waals surface area contributed by atoms with Gasteiger partial charge in [-0.15, -0.1) is 0 Å². The van der Waals surface area contributed by atoms with Gasteiger partial charge in [-0.2, -0.15) is 4.58 Å². The molecular weight excluding hydrogens is 564 g/mol. The number of carbonyl (C=O) groups is 1. The van der Waals surface area contributed by atoms with E-state index in [1.165, 1.54) is 33.6 Å². The zero-order chi connectivity index (χ0) is 33.1. The molecule has 0 amide bonds. The van der Waals surface area contributed by atoms with E-state index in [0.717, 1.165) is 48.2 Å². The smallest absolute Gasteiger partial charge is 0.208 e. The van der Waals surface area contributed by atoms with Gasteiger partial charge in [0.2, 0.25) is 11.4 Å². The molecule has 2 aliphatic carbocycles. The molecule has 0 spiro atoms. The molecule has 4 unspecified atom stereocenters. The quantitative estimate of drug-likeness (QED) is 0.182. The average molecular weight is 616 g/mol. The molecule has 1 saturated carbocycles. The Kier molecular flexibility index (Phi) is 10.3. The standard InChI is InChI=1S/C42H51N2O2/c1-9-11-31(7)43(37-23-13-27(3)25-29(37)5)35-19-15-33(16-20-35)39-41(45)40(42(39)46)34-17-21-36(22-18-34)44(32(8)12-10-2)38-24-14-28(4)26-30(38)6/h13-26,31-32,39,41,45H,9-12H2,1-8H3/q+1. The second-order valence-corrected chi connectivity index (χ2v) is 13.4. The first-order valence-electron chi connectivity index (χ1n) is 17.1. The molecule has 0 radical (unpaired) electrons. The Morgan fingerprint density at radius 2 is 1.39 bits per heavy atom. The van der Waals surface area contributed by atoms with Gasteiger partial charge in [0, 0.05) is 53.2 Å². The van der Waals surface area contributed by atoms with E-state index in [-0.39, 0.29) is 5.78 Å². The van der Waals surface area contributed by atoms with Gasteiger partial charge in [0.15, 0.2) is 11.8 Å². The molecule has 0 saturated heterocycles. The van der Waals surface area contributed by atoms with E-state index in [9.17, 15) is 9.90 Å². The van der Waals surface area contributed by atoms with Crippen LogP contribution in [0.3, 0.4) is 0 Å². The minimum atomic E-state index is -0.826. The van der Waals surface area contributed by atoms with Gasteiger partial charge in [-0.05, 0) is 108 Å². The summed E-state index contributed by atoms with van der Waals surface area (Å²) in [5, 5.41) is 11.3. The molecule has 1 fully saturated rings. The zero-order valence-electron chi connectivity index (χ0n) is 29.0. The molecule has 0 aromatic heterocycles. The Balaban J connectivity index is 1.40. The van der Waals surface area contributed by atoms with Crippen LogP contribution in [-0.2, 0) is 4.79 Å². The molecule has 4 nitrogen and oxygen atoms in total. The first kappa shape index (κ1) is 33.3. The van der Waals surface area contributed by atoms with Crippen LogP contribution in [0.5, 0.6) is 0 Å². The molecule has 0 bridgehead atoms. The predicted octanol–water partition coefficient (Wildman–Crippen LogP) is 9.67. The first-order valence-corrected chi connectivity index (χ1v) is 17.1. The average Bonchev–Trinajstić information content (AvgIpc) is 3.01. The van der Waals surface area contributed by atoms with Crippen LogP contribution >= 0.6 is 0 Å². The van der Waals surface area contributed by atoms with Crippen molar-refractivity contribution in [3.8, 4) is 0 Å². The highest BCUT2D eigenvalue weighted by atomic mass is 16.3. The van der Waals surface area contributed by atoms with Gasteiger partial charge in [-0.3, -0.25) is 4.79 Å². The van der Waals surface area contributed by atoms with E-state index in [1.54, 1.807) is 0 Å². The Labute approximate surface area is 276 Å². The maximum Gasteiger partial charge on any atom is 0.208 e. The molecule has 1 N–H and O–H groups in total. The Hall–Kier alpha value is -4.02. The highest BCUT2D eigenvalue weighted by Crippen LogP contribution is 2.42. The van der Waals surface area contributed by atoms with Crippen molar-refractivity contribution >= 4 is 28.6 Å². The van der Waals surface area contributed by atoms with Gasteiger partial charge in [0.05, 0.1) is 12.0 Å². The van der Waals surface area contributed by atoms with Gasteiger partial charge < -0.3 is 10.0 Å². The normalized spacial score (nSPS) is 18.9. The molecule has 240 valence electrons. The zero-order valence-corrected chi connectivity index (χ0v) is 29.0. The van der Waals surface area contributed by atoms with Crippen molar-refractivity contribution in [3.05, 3.63) is 124 Å². The summed E-state index contributed by atoms with van der Waals surface area (Å²) in [6.07, 6.45) is 11.7. The molecule has 0 heterocycles. The number of hydrogen-bond donors (Lipinski definition) is 1. The van der Waals surface area contributed by atoms with Crippen LogP contribution in [0.15, 0.2) is 96.1 Å². The third-order valence-electron chi connectivity index (χ3n) is 9.66. The van der Waals surface area contributed by atoms with Crippen LogP contribution < -0.4 is 4.90 Å². The van der Waals surface area contributed by atoms with E-state index >= 15 is 0 Å². The van der Waals surface area contributed by atoms with E-state index < -0.39 is 12.0 Å². The second kappa shape index (κ2) is 14.2. The van der Waals surface area contributed by atoms with Crippen LogP contribution in [-0.4, -0.2) is 39.4 Å². The minimum absolute atomic E-state index is 0.00386. The third kappa shape index (κ3) is 6.59. The Morgan fingerprint density at radius 3 is 1.96 bits per heavy atom. The minimum Gasteiger partial charge on any atom is -0.387 e. The Bertz CT molecular complexity index is 1700. The summed E-state index contributed by atoms with van der Waals surface area (Å²) in [4.78, 5) is 16.0. The number of allylic oxidation sites excluding steroid dienone is 5. The molecule has 3 aromatic rings. The molecule has 46 heavy (non-hydrogen) atoms. The second-order valence-electron chi connectivity index (χ2n) is 13.4. The van der Waals surface area contributed by atoms with E-state index in [0.29, 0.717) is 17.7 Å². The number of rotatable bonds is 10. The van der Waals surface area contributed by atoms with E-state index in [1.807, 2.05) is 24.3 Å². The lowest BCUT2D eigenvalue weighted by Crippen LogP contribution is -2.43. The summed E-state index contributed by atoms with van der Waals surface area (Å²) >= 11 is 0. The lowest BCUT2D eigenvalue weighted by molar-refractivity contribution is -0.480. The number of Topliss-reactive ketones (excluding diaryl/α,β-unsaturated/α-hetero) is 1. The summed E-state index contributed by atoms with van der Waals surface area (Å²) in [5.41, 5.74) is 11.8. The molecule has 3 aromatic carbocycles. The van der Waals surface area contributed by atoms with Gasteiger partial charge in [0.25, 0.3) is 0 Å². The number of aryl methyl sites for hydroxylation is 4. The maximum atomic E-state index is 13.6. The van der Waals surface area contributed by atoms with Crippen molar-refractivity contribution in [2.45, 2.75) is 105 Å². The van der Waals surface area contributed by atoms with Crippen LogP contribution in [0.25, 0.3) is 0 Å². The van der Waals surface area contributed by atoms with Crippen molar-refractivity contribution in [2.24, 2.45) is 0 Å². The molecule has 2 aliphatic rings.